The van der Waals surface area contributed by atoms with Gasteiger partial charge < -0.3 is 14.6 Å². The fourth-order valence-corrected chi connectivity index (χ4v) is 7.90. The number of rotatable bonds is 1. The summed E-state index contributed by atoms with van der Waals surface area (Å²) in [5.74, 6) is 0.548. The fourth-order valence-electron chi connectivity index (χ4n) is 7.90. The molecule has 0 aromatic heterocycles. The van der Waals surface area contributed by atoms with Crippen LogP contribution < -0.4 is 0 Å². The van der Waals surface area contributed by atoms with Crippen molar-refractivity contribution in [3.8, 4) is 0 Å². The van der Waals surface area contributed by atoms with Crippen LogP contribution in [0.4, 0.5) is 0 Å². The zero-order chi connectivity index (χ0) is 17.7. The van der Waals surface area contributed by atoms with E-state index in [0.717, 1.165) is 44.9 Å². The lowest BCUT2D eigenvalue weighted by Gasteiger charge is -2.60. The third kappa shape index (κ3) is 1.78. The second-order valence-corrected chi connectivity index (χ2v) is 10.00. The van der Waals surface area contributed by atoms with Crippen molar-refractivity contribution in [2.24, 2.45) is 28.1 Å². The first-order chi connectivity index (χ1) is 11.8. The molecule has 1 N–H and O–H groups in total. The molecule has 2 bridgehead atoms. The summed E-state index contributed by atoms with van der Waals surface area (Å²) in [6.45, 7) is 4.99. The first-order valence-corrected chi connectivity index (χ1v) is 9.93. The van der Waals surface area contributed by atoms with Gasteiger partial charge in [-0.2, -0.15) is 0 Å². The first kappa shape index (κ1) is 16.3. The molecule has 0 radical (unpaired) electrons. The molecule has 138 valence electrons. The van der Waals surface area contributed by atoms with Crippen LogP contribution in [0, 0.1) is 28.1 Å². The van der Waals surface area contributed by atoms with Gasteiger partial charge in [0.15, 0.2) is 0 Å². The van der Waals surface area contributed by atoms with Gasteiger partial charge in [0, 0.05) is 5.92 Å². The number of fused-ring (bicyclic) bond motifs is 2. The summed E-state index contributed by atoms with van der Waals surface area (Å²) in [6, 6.07) is 0. The Balaban J connectivity index is 1.61. The Morgan fingerprint density at radius 3 is 2.88 bits per heavy atom. The standard InChI is InChI=1S/C21H30O4/c1-18-6-4-7-19(2,17(22)24-3)15(18)5-8-20-10-13-14(9-16(18)20)25-12-21(13,23)11-20/h9,13-15,23H,4-8,10-12H2,1-3H3/t13-,14+,15+,18-,19-,20-,21-/m1/s1. The number of hydrogen-bond donors (Lipinski definition) is 1. The molecule has 0 unspecified atom stereocenters. The molecule has 4 nitrogen and oxygen atoms in total. The molecule has 4 heteroatoms. The molecule has 0 aromatic carbocycles. The summed E-state index contributed by atoms with van der Waals surface area (Å²) < 4.78 is 11.2. The topological polar surface area (TPSA) is 55.8 Å². The first-order valence-electron chi connectivity index (χ1n) is 9.93. The number of carbonyl (C=O) groups is 1. The number of allylic oxidation sites excluding steroid dienone is 1. The highest BCUT2D eigenvalue weighted by Gasteiger charge is 2.69. The van der Waals surface area contributed by atoms with Crippen LogP contribution in [0.25, 0.3) is 0 Å². The van der Waals surface area contributed by atoms with Gasteiger partial charge in [-0.05, 0) is 62.2 Å². The second-order valence-electron chi connectivity index (χ2n) is 10.00. The Labute approximate surface area is 150 Å². The molecular formula is C21H30O4. The van der Waals surface area contributed by atoms with Crippen molar-refractivity contribution < 1.29 is 19.4 Å². The average Bonchev–Trinajstić information content (AvgIpc) is 2.99. The summed E-state index contributed by atoms with van der Waals surface area (Å²) >= 11 is 0. The van der Waals surface area contributed by atoms with Gasteiger partial charge in [-0.3, -0.25) is 4.79 Å². The molecule has 1 spiro atoms. The van der Waals surface area contributed by atoms with Crippen LogP contribution in [-0.2, 0) is 14.3 Å². The lowest BCUT2D eigenvalue weighted by atomic mass is 9.44. The molecule has 4 fully saturated rings. The van der Waals surface area contributed by atoms with Crippen molar-refractivity contribution in [3.05, 3.63) is 11.6 Å². The molecule has 1 aliphatic heterocycles. The number of carbonyl (C=O) groups excluding carboxylic acids is 1. The summed E-state index contributed by atoms with van der Waals surface area (Å²) in [4.78, 5) is 12.7. The third-order valence-corrected chi connectivity index (χ3v) is 8.88. The molecule has 0 aromatic rings. The van der Waals surface area contributed by atoms with E-state index in [2.05, 4.69) is 19.9 Å². The minimum atomic E-state index is -0.633. The maximum Gasteiger partial charge on any atom is 0.311 e. The van der Waals surface area contributed by atoms with Crippen molar-refractivity contribution in [1.29, 1.82) is 0 Å². The summed E-state index contributed by atoms with van der Waals surface area (Å²) in [6.07, 6.45) is 9.63. The van der Waals surface area contributed by atoms with Crippen LogP contribution >= 0.6 is 0 Å². The molecule has 25 heavy (non-hydrogen) atoms. The Morgan fingerprint density at radius 2 is 2.12 bits per heavy atom. The molecular weight excluding hydrogens is 316 g/mol. The molecule has 1 saturated heterocycles. The highest BCUT2D eigenvalue weighted by atomic mass is 16.5. The molecule has 3 saturated carbocycles. The smallest absolute Gasteiger partial charge is 0.311 e. The molecule has 7 atom stereocenters. The number of methoxy groups -OCH3 is 1. The summed E-state index contributed by atoms with van der Waals surface area (Å²) in [7, 11) is 1.52. The van der Waals surface area contributed by atoms with E-state index in [0.29, 0.717) is 12.5 Å². The fraction of sp³-hybridized carbons (Fsp3) is 0.857. The highest BCUT2D eigenvalue weighted by Crippen LogP contribution is 2.72. The van der Waals surface area contributed by atoms with Gasteiger partial charge in [-0.15, -0.1) is 0 Å². The molecule has 1 heterocycles. The van der Waals surface area contributed by atoms with E-state index in [1.165, 1.54) is 12.7 Å². The SMILES string of the molecule is COC(=O)[C@]1(C)CCC[C@@]2(C)C3=C[C@@H]4OC[C@]5(O)C[C@@]3(CC[C@H]12)C[C@H]45. The maximum atomic E-state index is 12.7. The number of aliphatic hydroxyl groups is 1. The van der Waals surface area contributed by atoms with Crippen molar-refractivity contribution in [2.45, 2.75) is 70.5 Å². The maximum absolute atomic E-state index is 12.7. The lowest BCUT2D eigenvalue weighted by Crippen LogP contribution is -2.55. The van der Waals surface area contributed by atoms with Gasteiger partial charge in [-0.25, -0.2) is 0 Å². The lowest BCUT2D eigenvalue weighted by molar-refractivity contribution is -0.165. The zero-order valence-corrected chi connectivity index (χ0v) is 15.6. The van der Waals surface area contributed by atoms with Crippen molar-refractivity contribution >= 4 is 5.97 Å². The molecule has 0 amide bonds. The predicted molar refractivity (Wildman–Crippen MR) is 92.7 cm³/mol. The van der Waals surface area contributed by atoms with Gasteiger partial charge in [0.1, 0.15) is 0 Å². The second kappa shape index (κ2) is 4.69. The third-order valence-electron chi connectivity index (χ3n) is 8.88. The van der Waals surface area contributed by atoms with Crippen LogP contribution in [-0.4, -0.2) is 36.5 Å². The van der Waals surface area contributed by atoms with Crippen LogP contribution in [0.2, 0.25) is 0 Å². The van der Waals surface area contributed by atoms with E-state index in [1.54, 1.807) is 0 Å². The normalized spacial score (nSPS) is 56.0. The highest BCUT2D eigenvalue weighted by molar-refractivity contribution is 5.77. The van der Waals surface area contributed by atoms with Gasteiger partial charge in [0.2, 0.25) is 0 Å². The van der Waals surface area contributed by atoms with E-state index in [9.17, 15) is 9.90 Å². The van der Waals surface area contributed by atoms with Gasteiger partial charge >= 0.3 is 5.97 Å². The number of ether oxygens (including phenoxy) is 2. The van der Waals surface area contributed by atoms with Crippen LogP contribution in [0.15, 0.2) is 11.6 Å². The van der Waals surface area contributed by atoms with E-state index in [-0.39, 0.29) is 28.8 Å². The minimum absolute atomic E-state index is 0.0224. The van der Waals surface area contributed by atoms with E-state index >= 15 is 0 Å². The Kier molecular flexibility index (Phi) is 3.06. The van der Waals surface area contributed by atoms with Crippen LogP contribution in [0.5, 0.6) is 0 Å². The van der Waals surface area contributed by atoms with Crippen molar-refractivity contribution in [2.75, 3.05) is 13.7 Å². The zero-order valence-electron chi connectivity index (χ0n) is 15.6. The number of esters is 1. The molecule has 5 rings (SSSR count). The van der Waals surface area contributed by atoms with Gasteiger partial charge in [-0.1, -0.05) is 25.0 Å². The monoisotopic (exact) mass is 346 g/mol. The van der Waals surface area contributed by atoms with E-state index < -0.39 is 11.0 Å². The quantitative estimate of drug-likeness (QED) is 0.585. The van der Waals surface area contributed by atoms with Gasteiger partial charge in [0.25, 0.3) is 0 Å². The summed E-state index contributed by atoms with van der Waals surface area (Å²) in [5.41, 5.74) is 0.638. The summed E-state index contributed by atoms with van der Waals surface area (Å²) in [5, 5.41) is 11.1. The Morgan fingerprint density at radius 1 is 1.32 bits per heavy atom. The minimum Gasteiger partial charge on any atom is -0.469 e. The van der Waals surface area contributed by atoms with Crippen LogP contribution in [0.3, 0.4) is 0 Å². The predicted octanol–water partition coefficient (Wildman–Crippen LogP) is 3.23. The van der Waals surface area contributed by atoms with Crippen LogP contribution in [0.1, 0.15) is 58.8 Å². The van der Waals surface area contributed by atoms with Gasteiger partial charge in [0.05, 0.1) is 30.8 Å². The largest absolute Gasteiger partial charge is 0.469 e. The Bertz CT molecular complexity index is 671. The average molecular weight is 346 g/mol. The van der Waals surface area contributed by atoms with Crippen molar-refractivity contribution in [3.63, 3.8) is 0 Å². The number of hydrogen-bond acceptors (Lipinski definition) is 4. The molecule has 4 aliphatic carbocycles. The van der Waals surface area contributed by atoms with E-state index in [1.807, 2.05) is 0 Å². The van der Waals surface area contributed by atoms with E-state index in [4.69, 9.17) is 9.47 Å². The van der Waals surface area contributed by atoms with Crippen molar-refractivity contribution in [1.82, 2.24) is 0 Å². The Hall–Kier alpha value is -0.870. The molecule has 5 aliphatic rings.